The third kappa shape index (κ3) is 9.46. The minimum atomic E-state index is -0.458. The highest BCUT2D eigenvalue weighted by Gasteiger charge is 2.03. The highest BCUT2D eigenvalue weighted by Crippen LogP contribution is 1.92. The number of ether oxygens (including phenoxy) is 2. The molecule has 0 aliphatic rings. The minimum Gasteiger partial charge on any atom is -0.460 e. The summed E-state index contributed by atoms with van der Waals surface area (Å²) in [5.74, 6) is -0.767. The van der Waals surface area contributed by atoms with E-state index in [1.54, 1.807) is 6.92 Å². The SMILES string of the molecule is C=C(C)C(=O)OCCOCCC(=O)NC(N)=S. The molecule has 0 rings (SSSR count). The van der Waals surface area contributed by atoms with Crippen LogP contribution < -0.4 is 11.1 Å². The number of esters is 1. The number of hydrogen-bond donors (Lipinski definition) is 2. The Morgan fingerprint density at radius 3 is 2.53 bits per heavy atom. The van der Waals surface area contributed by atoms with E-state index in [-0.39, 0.29) is 37.3 Å². The van der Waals surface area contributed by atoms with Crippen molar-refractivity contribution < 1.29 is 19.1 Å². The van der Waals surface area contributed by atoms with Crippen molar-refractivity contribution in [3.8, 4) is 0 Å². The van der Waals surface area contributed by atoms with Crippen molar-refractivity contribution in [2.24, 2.45) is 5.73 Å². The van der Waals surface area contributed by atoms with Gasteiger partial charge >= 0.3 is 5.97 Å². The van der Waals surface area contributed by atoms with Gasteiger partial charge in [-0.25, -0.2) is 4.79 Å². The average molecular weight is 260 g/mol. The standard InChI is InChI=1S/C10H16N2O4S/c1-7(2)9(14)16-6-5-15-4-3-8(13)12-10(11)17/h1,3-6H2,2H3,(H3,11,12,13,17). The van der Waals surface area contributed by atoms with Crippen LogP contribution in [0.4, 0.5) is 0 Å². The van der Waals surface area contributed by atoms with Gasteiger partial charge in [0.25, 0.3) is 0 Å². The average Bonchev–Trinajstić information content (AvgIpc) is 2.21. The van der Waals surface area contributed by atoms with E-state index < -0.39 is 5.97 Å². The molecule has 0 atom stereocenters. The van der Waals surface area contributed by atoms with Crippen LogP contribution in [0.25, 0.3) is 0 Å². The molecule has 0 aliphatic heterocycles. The molecule has 17 heavy (non-hydrogen) atoms. The van der Waals surface area contributed by atoms with Gasteiger partial charge in [0.2, 0.25) is 5.91 Å². The molecule has 0 saturated heterocycles. The predicted molar refractivity (Wildman–Crippen MR) is 66.1 cm³/mol. The summed E-state index contributed by atoms with van der Waals surface area (Å²) in [6, 6.07) is 0. The van der Waals surface area contributed by atoms with Gasteiger partial charge in [0.05, 0.1) is 19.6 Å². The molecule has 0 aliphatic carbocycles. The van der Waals surface area contributed by atoms with Crippen LogP contribution in [-0.2, 0) is 19.1 Å². The number of amides is 1. The number of carbonyl (C=O) groups is 2. The van der Waals surface area contributed by atoms with E-state index in [9.17, 15) is 9.59 Å². The zero-order valence-corrected chi connectivity index (χ0v) is 10.5. The molecule has 3 N–H and O–H groups in total. The van der Waals surface area contributed by atoms with Crippen LogP contribution in [0.5, 0.6) is 0 Å². The lowest BCUT2D eigenvalue weighted by atomic mass is 10.4. The third-order valence-electron chi connectivity index (χ3n) is 1.55. The molecule has 6 nitrogen and oxygen atoms in total. The Hall–Kier alpha value is -1.47. The maximum absolute atomic E-state index is 11.0. The Bertz CT molecular complexity index is 317. The lowest BCUT2D eigenvalue weighted by Crippen LogP contribution is -2.35. The minimum absolute atomic E-state index is 0.0645. The Morgan fingerprint density at radius 2 is 2.00 bits per heavy atom. The highest BCUT2D eigenvalue weighted by molar-refractivity contribution is 7.80. The van der Waals surface area contributed by atoms with E-state index >= 15 is 0 Å². The summed E-state index contributed by atoms with van der Waals surface area (Å²) in [4.78, 5) is 22.0. The second-order valence-electron chi connectivity index (χ2n) is 3.19. The van der Waals surface area contributed by atoms with Crippen LogP contribution in [0, 0.1) is 0 Å². The molecule has 0 fully saturated rings. The Labute approximate surface area is 105 Å². The van der Waals surface area contributed by atoms with Crippen LogP contribution in [-0.4, -0.2) is 36.8 Å². The van der Waals surface area contributed by atoms with Crippen molar-refractivity contribution in [2.45, 2.75) is 13.3 Å². The highest BCUT2D eigenvalue weighted by atomic mass is 32.1. The van der Waals surface area contributed by atoms with Gasteiger partial charge in [-0.3, -0.25) is 4.79 Å². The smallest absolute Gasteiger partial charge is 0.333 e. The van der Waals surface area contributed by atoms with E-state index in [0.29, 0.717) is 5.57 Å². The molecular formula is C10H16N2O4S. The zero-order valence-electron chi connectivity index (χ0n) is 9.65. The quantitative estimate of drug-likeness (QED) is 0.287. The molecular weight excluding hydrogens is 244 g/mol. The van der Waals surface area contributed by atoms with E-state index in [1.807, 2.05) is 0 Å². The van der Waals surface area contributed by atoms with E-state index in [0.717, 1.165) is 0 Å². The van der Waals surface area contributed by atoms with Crippen LogP contribution >= 0.6 is 12.2 Å². The maximum Gasteiger partial charge on any atom is 0.333 e. The van der Waals surface area contributed by atoms with Gasteiger partial charge < -0.3 is 20.5 Å². The van der Waals surface area contributed by atoms with Crippen LogP contribution in [0.2, 0.25) is 0 Å². The molecule has 0 spiro atoms. The second kappa shape index (κ2) is 8.66. The Morgan fingerprint density at radius 1 is 1.35 bits per heavy atom. The molecule has 0 heterocycles. The van der Waals surface area contributed by atoms with Gasteiger partial charge in [0.15, 0.2) is 5.11 Å². The lowest BCUT2D eigenvalue weighted by molar-refractivity contribution is -0.140. The van der Waals surface area contributed by atoms with E-state index in [4.69, 9.17) is 15.2 Å². The Kier molecular flexibility index (Phi) is 7.91. The third-order valence-corrected chi connectivity index (χ3v) is 1.65. The summed E-state index contributed by atoms with van der Waals surface area (Å²) in [5.41, 5.74) is 5.43. The number of carbonyl (C=O) groups excluding carboxylic acids is 2. The van der Waals surface area contributed by atoms with Crippen LogP contribution in [0.1, 0.15) is 13.3 Å². The fourth-order valence-corrected chi connectivity index (χ4v) is 0.897. The normalized spacial score (nSPS) is 9.47. The largest absolute Gasteiger partial charge is 0.460 e. The first-order chi connectivity index (χ1) is 7.93. The number of nitrogens with two attached hydrogens (primary N) is 1. The first-order valence-corrected chi connectivity index (χ1v) is 5.34. The number of hydrogen-bond acceptors (Lipinski definition) is 5. The second-order valence-corrected chi connectivity index (χ2v) is 3.63. The molecule has 0 aromatic carbocycles. The molecule has 0 aromatic heterocycles. The van der Waals surface area contributed by atoms with Crippen molar-refractivity contribution in [2.75, 3.05) is 19.8 Å². The first kappa shape index (κ1) is 15.5. The number of nitrogens with one attached hydrogen (secondary N) is 1. The molecule has 7 heteroatoms. The number of rotatable bonds is 7. The fraction of sp³-hybridized carbons (Fsp3) is 0.500. The molecule has 0 radical (unpaired) electrons. The lowest BCUT2D eigenvalue weighted by Gasteiger charge is -2.06. The summed E-state index contributed by atoms with van der Waals surface area (Å²) in [6.07, 6.45) is 0.145. The summed E-state index contributed by atoms with van der Waals surface area (Å²) in [5, 5.41) is 2.20. The first-order valence-electron chi connectivity index (χ1n) is 4.93. The van der Waals surface area contributed by atoms with Gasteiger partial charge in [0, 0.05) is 5.57 Å². The van der Waals surface area contributed by atoms with Crippen molar-refractivity contribution in [3.63, 3.8) is 0 Å². The van der Waals surface area contributed by atoms with Gasteiger partial charge in [0.1, 0.15) is 6.61 Å². The molecule has 0 aromatic rings. The molecule has 96 valence electrons. The fourth-order valence-electron chi connectivity index (χ4n) is 0.783. The number of thiocarbonyl (C=S) groups is 1. The van der Waals surface area contributed by atoms with Gasteiger partial charge in [-0.2, -0.15) is 0 Å². The summed E-state index contributed by atoms with van der Waals surface area (Å²) < 4.78 is 9.83. The maximum atomic E-state index is 11.0. The van der Waals surface area contributed by atoms with Gasteiger partial charge in [-0.1, -0.05) is 6.58 Å². The molecule has 1 amide bonds. The summed E-state index contributed by atoms with van der Waals surface area (Å²) >= 11 is 4.48. The van der Waals surface area contributed by atoms with E-state index in [2.05, 4.69) is 24.1 Å². The molecule has 0 bridgehead atoms. The van der Waals surface area contributed by atoms with Crippen LogP contribution in [0.3, 0.4) is 0 Å². The predicted octanol–water partition coefficient (Wildman–Crippen LogP) is -0.128. The topological polar surface area (TPSA) is 90.6 Å². The van der Waals surface area contributed by atoms with Crippen molar-refractivity contribution in [3.05, 3.63) is 12.2 Å². The summed E-state index contributed by atoms with van der Waals surface area (Å²) in [7, 11) is 0. The zero-order chi connectivity index (χ0) is 13.3. The van der Waals surface area contributed by atoms with Gasteiger partial charge in [-0.05, 0) is 19.1 Å². The van der Waals surface area contributed by atoms with Crippen molar-refractivity contribution in [1.29, 1.82) is 0 Å². The van der Waals surface area contributed by atoms with Gasteiger partial charge in [-0.15, -0.1) is 0 Å². The van der Waals surface area contributed by atoms with Crippen LogP contribution in [0.15, 0.2) is 12.2 Å². The molecule has 0 saturated carbocycles. The van der Waals surface area contributed by atoms with Crippen molar-refractivity contribution >= 4 is 29.2 Å². The van der Waals surface area contributed by atoms with E-state index in [1.165, 1.54) is 0 Å². The molecule has 0 unspecified atom stereocenters. The summed E-state index contributed by atoms with van der Waals surface area (Å²) in [6.45, 7) is 5.54. The van der Waals surface area contributed by atoms with Crippen molar-refractivity contribution in [1.82, 2.24) is 5.32 Å². The monoisotopic (exact) mass is 260 g/mol. The Balaban J connectivity index is 3.41.